The molecule has 0 unspecified atom stereocenters. The first-order chi connectivity index (χ1) is 11.4. The zero-order valence-electron chi connectivity index (χ0n) is 11.9. The van der Waals surface area contributed by atoms with Crippen LogP contribution < -0.4 is 5.32 Å². The van der Waals surface area contributed by atoms with Crippen molar-refractivity contribution in [2.45, 2.75) is 0 Å². The highest BCUT2D eigenvalue weighted by Gasteiger charge is 2.08. The summed E-state index contributed by atoms with van der Waals surface area (Å²) < 4.78 is 0. The number of nitrogens with zero attached hydrogens (tertiary/aromatic N) is 4. The Hall–Kier alpha value is -2.64. The average Bonchev–Trinajstić information content (AvgIpc) is 3.28. The summed E-state index contributed by atoms with van der Waals surface area (Å²) in [6.45, 7) is 0. The number of nitrogens with one attached hydrogen (secondary N) is 1. The molecule has 7 heteroatoms. The minimum absolute atomic E-state index is 0.651. The van der Waals surface area contributed by atoms with E-state index in [0.717, 1.165) is 21.1 Å². The quantitative estimate of drug-likeness (QED) is 0.595. The van der Waals surface area contributed by atoms with Crippen molar-refractivity contribution in [3.63, 3.8) is 0 Å². The Labute approximate surface area is 140 Å². The van der Waals surface area contributed by atoms with Gasteiger partial charge in [0.2, 0.25) is 5.13 Å². The lowest BCUT2D eigenvalue weighted by Crippen LogP contribution is -1.96. The van der Waals surface area contributed by atoms with Gasteiger partial charge in [0, 0.05) is 5.56 Å². The van der Waals surface area contributed by atoms with Crippen LogP contribution in [-0.2, 0) is 0 Å². The van der Waals surface area contributed by atoms with Crippen LogP contribution in [-0.4, -0.2) is 20.4 Å². The lowest BCUT2D eigenvalue weighted by Gasteiger charge is -2.02. The van der Waals surface area contributed by atoms with E-state index in [1.165, 1.54) is 11.3 Å². The summed E-state index contributed by atoms with van der Waals surface area (Å²) in [7, 11) is 0. The third-order valence-corrected chi connectivity index (χ3v) is 5.00. The second-order valence-electron chi connectivity index (χ2n) is 4.68. The van der Waals surface area contributed by atoms with Crippen LogP contribution in [0, 0.1) is 0 Å². The molecule has 4 aromatic rings. The van der Waals surface area contributed by atoms with Gasteiger partial charge in [-0.3, -0.25) is 0 Å². The fourth-order valence-electron chi connectivity index (χ4n) is 2.04. The zero-order valence-corrected chi connectivity index (χ0v) is 13.5. The number of hydrogen-bond acceptors (Lipinski definition) is 7. The predicted molar refractivity (Wildman–Crippen MR) is 94.0 cm³/mol. The summed E-state index contributed by atoms with van der Waals surface area (Å²) >= 11 is 3.14. The van der Waals surface area contributed by atoms with Crippen LogP contribution in [0.2, 0.25) is 0 Å². The van der Waals surface area contributed by atoms with E-state index in [2.05, 4.69) is 25.7 Å². The summed E-state index contributed by atoms with van der Waals surface area (Å²) in [5, 5.41) is 23.6. The number of hydrogen-bond donors (Lipinski definition) is 1. The SMILES string of the molecule is c1ccc(-c2ccc(Nc3nnc(-c4cccs4)s3)nn2)cc1. The smallest absolute Gasteiger partial charge is 0.211 e. The molecule has 1 N–H and O–H groups in total. The van der Waals surface area contributed by atoms with Crippen molar-refractivity contribution in [1.82, 2.24) is 20.4 Å². The van der Waals surface area contributed by atoms with Crippen molar-refractivity contribution in [2.24, 2.45) is 0 Å². The zero-order chi connectivity index (χ0) is 15.5. The van der Waals surface area contributed by atoms with Crippen LogP contribution in [0.4, 0.5) is 10.9 Å². The van der Waals surface area contributed by atoms with E-state index in [4.69, 9.17) is 0 Å². The van der Waals surface area contributed by atoms with Crippen LogP contribution in [0.5, 0.6) is 0 Å². The van der Waals surface area contributed by atoms with Gasteiger partial charge in [0.25, 0.3) is 0 Å². The molecule has 0 saturated carbocycles. The minimum Gasteiger partial charge on any atom is -0.313 e. The van der Waals surface area contributed by atoms with Gasteiger partial charge in [0.1, 0.15) is 0 Å². The maximum atomic E-state index is 4.25. The molecule has 0 aliphatic rings. The highest BCUT2D eigenvalue weighted by Crippen LogP contribution is 2.30. The Bertz CT molecular complexity index is 886. The maximum Gasteiger partial charge on any atom is 0.211 e. The first kappa shape index (κ1) is 14.0. The molecule has 0 fully saturated rings. The third-order valence-electron chi connectivity index (χ3n) is 3.13. The number of thiophene rings is 1. The van der Waals surface area contributed by atoms with E-state index in [-0.39, 0.29) is 0 Å². The van der Waals surface area contributed by atoms with Gasteiger partial charge in [-0.2, -0.15) is 0 Å². The Balaban J connectivity index is 1.51. The van der Waals surface area contributed by atoms with Gasteiger partial charge in [-0.05, 0) is 23.6 Å². The van der Waals surface area contributed by atoms with Crippen molar-refractivity contribution in [3.05, 3.63) is 60.0 Å². The molecule has 3 heterocycles. The number of benzene rings is 1. The Morgan fingerprint density at radius 2 is 1.70 bits per heavy atom. The van der Waals surface area contributed by atoms with E-state index in [1.54, 1.807) is 11.3 Å². The Morgan fingerprint density at radius 1 is 0.783 bits per heavy atom. The van der Waals surface area contributed by atoms with Crippen molar-refractivity contribution >= 4 is 33.6 Å². The summed E-state index contributed by atoms with van der Waals surface area (Å²) in [5.41, 5.74) is 1.88. The minimum atomic E-state index is 0.651. The van der Waals surface area contributed by atoms with Crippen LogP contribution in [0.3, 0.4) is 0 Å². The molecule has 0 aliphatic heterocycles. The predicted octanol–water partition coefficient (Wildman–Crippen LogP) is 4.47. The van der Waals surface area contributed by atoms with Gasteiger partial charge in [-0.25, -0.2) is 0 Å². The Morgan fingerprint density at radius 3 is 2.43 bits per heavy atom. The second-order valence-corrected chi connectivity index (χ2v) is 6.61. The number of aromatic nitrogens is 4. The molecule has 3 aromatic heterocycles. The molecule has 5 nitrogen and oxygen atoms in total. The van der Waals surface area contributed by atoms with Gasteiger partial charge in [0.05, 0.1) is 10.6 Å². The highest BCUT2D eigenvalue weighted by atomic mass is 32.1. The first-order valence-corrected chi connectivity index (χ1v) is 8.62. The summed E-state index contributed by atoms with van der Waals surface area (Å²) in [6.07, 6.45) is 0. The van der Waals surface area contributed by atoms with Gasteiger partial charge in [-0.1, -0.05) is 47.7 Å². The molecular weight excluding hydrogens is 326 g/mol. The van der Waals surface area contributed by atoms with E-state index >= 15 is 0 Å². The molecule has 0 amide bonds. The van der Waals surface area contributed by atoms with Gasteiger partial charge in [-0.15, -0.1) is 31.7 Å². The van der Waals surface area contributed by atoms with E-state index < -0.39 is 0 Å². The first-order valence-electron chi connectivity index (χ1n) is 6.92. The molecular formula is C16H11N5S2. The molecule has 0 aliphatic carbocycles. The van der Waals surface area contributed by atoms with Crippen molar-refractivity contribution in [2.75, 3.05) is 5.32 Å². The topological polar surface area (TPSA) is 63.6 Å². The summed E-state index contributed by atoms with van der Waals surface area (Å²) in [5.74, 6) is 0.651. The summed E-state index contributed by atoms with van der Waals surface area (Å²) in [4.78, 5) is 1.11. The summed E-state index contributed by atoms with van der Waals surface area (Å²) in [6, 6.07) is 17.8. The lowest BCUT2D eigenvalue weighted by atomic mass is 10.1. The highest BCUT2D eigenvalue weighted by molar-refractivity contribution is 7.22. The van der Waals surface area contributed by atoms with E-state index in [1.807, 2.05) is 60.0 Å². The molecule has 0 saturated heterocycles. The number of rotatable bonds is 4. The van der Waals surface area contributed by atoms with E-state index in [9.17, 15) is 0 Å². The van der Waals surface area contributed by atoms with Crippen LogP contribution in [0.15, 0.2) is 60.0 Å². The lowest BCUT2D eigenvalue weighted by molar-refractivity contribution is 1.03. The molecule has 23 heavy (non-hydrogen) atoms. The number of anilines is 2. The monoisotopic (exact) mass is 337 g/mol. The fraction of sp³-hybridized carbons (Fsp3) is 0. The standard InChI is InChI=1S/C16H11N5S2/c1-2-5-11(6-3-1)12-8-9-14(19-18-12)17-16-21-20-15(23-16)13-7-4-10-22-13/h1-10H,(H,17,19,21). The molecule has 0 radical (unpaired) electrons. The Kier molecular flexibility index (Phi) is 3.79. The average molecular weight is 337 g/mol. The molecule has 0 bridgehead atoms. The van der Waals surface area contributed by atoms with Gasteiger partial charge >= 0.3 is 0 Å². The normalized spacial score (nSPS) is 10.6. The largest absolute Gasteiger partial charge is 0.313 e. The van der Waals surface area contributed by atoms with Gasteiger partial charge in [0.15, 0.2) is 10.8 Å². The molecule has 112 valence electrons. The van der Waals surface area contributed by atoms with Crippen molar-refractivity contribution < 1.29 is 0 Å². The van der Waals surface area contributed by atoms with Crippen LogP contribution in [0.25, 0.3) is 21.1 Å². The third kappa shape index (κ3) is 3.10. The van der Waals surface area contributed by atoms with Gasteiger partial charge < -0.3 is 5.32 Å². The van der Waals surface area contributed by atoms with E-state index in [0.29, 0.717) is 10.9 Å². The fourth-order valence-corrected chi connectivity index (χ4v) is 3.59. The maximum absolute atomic E-state index is 4.25. The molecule has 4 rings (SSSR count). The second kappa shape index (κ2) is 6.23. The molecule has 0 spiro atoms. The van der Waals surface area contributed by atoms with Crippen LogP contribution in [0.1, 0.15) is 0 Å². The molecule has 0 atom stereocenters. The van der Waals surface area contributed by atoms with Crippen LogP contribution >= 0.6 is 22.7 Å². The van der Waals surface area contributed by atoms with Crippen molar-refractivity contribution in [3.8, 4) is 21.1 Å². The van der Waals surface area contributed by atoms with Crippen molar-refractivity contribution in [1.29, 1.82) is 0 Å². The molecule has 1 aromatic carbocycles.